The molecule has 0 aliphatic heterocycles. The van der Waals surface area contributed by atoms with Gasteiger partial charge in [-0.3, -0.25) is 4.57 Å². The molecule has 0 unspecified atom stereocenters. The van der Waals surface area contributed by atoms with Crippen LogP contribution >= 0.6 is 40.2 Å². The van der Waals surface area contributed by atoms with Crippen LogP contribution in [0.5, 0.6) is 0 Å². The molecular formula is C5H10Cl3O2P. The van der Waals surface area contributed by atoms with Crippen LogP contribution in [0.1, 0.15) is 13.8 Å². The Hall–Kier alpha value is 1.06. The van der Waals surface area contributed by atoms with Crippen molar-refractivity contribution < 1.29 is 9.09 Å². The molecule has 11 heavy (non-hydrogen) atoms. The predicted octanol–water partition coefficient (Wildman–Crippen LogP) is 3.85. The zero-order valence-corrected chi connectivity index (χ0v) is 9.47. The molecule has 0 rings (SSSR count). The van der Waals surface area contributed by atoms with Gasteiger partial charge in [0.05, 0.1) is 6.61 Å². The Labute approximate surface area is 81.2 Å². The van der Waals surface area contributed by atoms with E-state index in [0.717, 1.165) is 0 Å². The van der Waals surface area contributed by atoms with E-state index in [2.05, 4.69) is 4.52 Å². The fraction of sp³-hybridized carbons (Fsp3) is 1.00. The molecule has 0 aromatic rings. The Bertz CT molecular complexity index is 165. The van der Waals surface area contributed by atoms with Crippen molar-refractivity contribution in [1.82, 2.24) is 0 Å². The van der Waals surface area contributed by atoms with Gasteiger partial charge in [0.15, 0.2) is 0 Å². The van der Waals surface area contributed by atoms with Crippen molar-refractivity contribution in [2.75, 3.05) is 12.5 Å². The Kier molecular flexibility index (Phi) is 4.76. The lowest BCUT2D eigenvalue weighted by Gasteiger charge is -2.20. The van der Waals surface area contributed by atoms with Gasteiger partial charge in [-0.2, -0.15) is 0 Å². The van der Waals surface area contributed by atoms with E-state index in [1.54, 1.807) is 0 Å². The highest BCUT2D eigenvalue weighted by molar-refractivity contribution is 8.05. The van der Waals surface area contributed by atoms with Crippen LogP contribution in [0.3, 0.4) is 0 Å². The van der Waals surface area contributed by atoms with E-state index in [1.165, 1.54) is 0 Å². The van der Waals surface area contributed by atoms with Gasteiger partial charge in [-0.25, -0.2) is 0 Å². The summed E-state index contributed by atoms with van der Waals surface area (Å²) in [6.07, 6.45) is -3.39. The van der Waals surface area contributed by atoms with Gasteiger partial charge in [-0.1, -0.05) is 13.8 Å². The third-order valence-corrected chi connectivity index (χ3v) is 2.71. The summed E-state index contributed by atoms with van der Waals surface area (Å²) >= 11 is 15.9. The second-order valence-corrected chi connectivity index (χ2v) is 7.53. The van der Waals surface area contributed by atoms with E-state index in [9.17, 15) is 4.57 Å². The third kappa shape index (κ3) is 7.42. The molecule has 0 aliphatic rings. The van der Waals surface area contributed by atoms with Crippen LogP contribution in [-0.2, 0) is 9.09 Å². The van der Waals surface area contributed by atoms with Gasteiger partial charge in [-0.15, -0.1) is 11.6 Å². The molecule has 0 amide bonds. The normalized spacial score (nSPS) is 13.5. The second kappa shape index (κ2) is 4.34. The lowest BCUT2D eigenvalue weighted by atomic mass is 9.99. The zero-order chi connectivity index (χ0) is 9.12. The van der Waals surface area contributed by atoms with E-state index in [4.69, 9.17) is 34.1 Å². The van der Waals surface area contributed by atoms with Crippen molar-refractivity contribution in [3.05, 3.63) is 0 Å². The van der Waals surface area contributed by atoms with Crippen LogP contribution < -0.4 is 0 Å². The number of halogens is 3. The van der Waals surface area contributed by atoms with Gasteiger partial charge in [0.2, 0.25) is 0 Å². The van der Waals surface area contributed by atoms with Gasteiger partial charge >= 0.3 is 6.07 Å². The maximum Gasteiger partial charge on any atom is 0.380 e. The third-order valence-electron chi connectivity index (χ3n) is 0.967. The summed E-state index contributed by atoms with van der Waals surface area (Å²) in [4.78, 5) is 0. The van der Waals surface area contributed by atoms with Gasteiger partial charge < -0.3 is 4.52 Å². The molecule has 0 atom stereocenters. The van der Waals surface area contributed by atoms with E-state index in [0.29, 0.717) is 5.88 Å². The smallest absolute Gasteiger partial charge is 0.306 e. The van der Waals surface area contributed by atoms with Crippen LogP contribution in [0.15, 0.2) is 0 Å². The number of hydrogen-bond donors (Lipinski definition) is 0. The first-order valence-electron chi connectivity index (χ1n) is 2.97. The van der Waals surface area contributed by atoms with Gasteiger partial charge in [0, 0.05) is 11.3 Å². The van der Waals surface area contributed by atoms with Crippen LogP contribution in [-0.4, -0.2) is 12.5 Å². The van der Waals surface area contributed by atoms with Gasteiger partial charge in [-0.05, 0) is 22.5 Å². The summed E-state index contributed by atoms with van der Waals surface area (Å²) < 4.78 is 15.3. The lowest BCUT2D eigenvalue weighted by Crippen LogP contribution is -2.19. The maximum absolute atomic E-state index is 10.6. The van der Waals surface area contributed by atoms with Crippen LogP contribution in [0.25, 0.3) is 0 Å². The van der Waals surface area contributed by atoms with E-state index in [1.807, 2.05) is 13.8 Å². The van der Waals surface area contributed by atoms with Crippen molar-refractivity contribution in [3.8, 4) is 0 Å². The SMILES string of the molecule is CC(C)(CCl)COP(=O)(Cl)Cl. The van der Waals surface area contributed by atoms with Crippen molar-refractivity contribution in [2.45, 2.75) is 13.8 Å². The molecule has 0 saturated carbocycles. The van der Waals surface area contributed by atoms with Crippen molar-refractivity contribution in [1.29, 1.82) is 0 Å². The Morgan fingerprint density at radius 2 is 1.91 bits per heavy atom. The topological polar surface area (TPSA) is 26.3 Å². The minimum atomic E-state index is -3.39. The Morgan fingerprint density at radius 1 is 1.45 bits per heavy atom. The molecule has 0 aromatic carbocycles. The largest absolute Gasteiger partial charge is 0.380 e. The fourth-order valence-corrected chi connectivity index (χ4v) is 1.16. The van der Waals surface area contributed by atoms with E-state index < -0.39 is 6.07 Å². The van der Waals surface area contributed by atoms with Crippen molar-refractivity contribution in [3.63, 3.8) is 0 Å². The molecule has 0 aliphatic carbocycles. The second-order valence-electron chi connectivity index (χ2n) is 2.99. The average molecular weight is 239 g/mol. The standard InChI is InChI=1S/C5H10Cl3O2P/c1-5(2,3-6)4-10-11(7,8)9/h3-4H2,1-2H3. The fourth-order valence-electron chi connectivity index (χ4n) is 0.288. The first kappa shape index (κ1) is 12.1. The first-order chi connectivity index (χ1) is 4.77. The maximum atomic E-state index is 10.6. The highest BCUT2D eigenvalue weighted by Gasteiger charge is 2.22. The van der Waals surface area contributed by atoms with Crippen LogP contribution in [0.2, 0.25) is 0 Å². The summed E-state index contributed by atoms with van der Waals surface area (Å²) in [7, 11) is 0. The quantitative estimate of drug-likeness (QED) is 0.550. The molecule has 68 valence electrons. The monoisotopic (exact) mass is 238 g/mol. The van der Waals surface area contributed by atoms with Crippen LogP contribution in [0.4, 0.5) is 0 Å². The molecule has 0 fully saturated rings. The summed E-state index contributed by atoms with van der Waals surface area (Å²) in [6, 6.07) is 0. The number of hydrogen-bond acceptors (Lipinski definition) is 2. The minimum absolute atomic E-state index is 0.195. The first-order valence-corrected chi connectivity index (χ1v) is 6.94. The highest BCUT2D eigenvalue weighted by Crippen LogP contribution is 2.58. The molecule has 0 saturated heterocycles. The highest BCUT2D eigenvalue weighted by atomic mass is 35.9. The number of rotatable bonds is 4. The van der Waals surface area contributed by atoms with Crippen molar-refractivity contribution in [2.24, 2.45) is 5.41 Å². The molecule has 0 spiro atoms. The lowest BCUT2D eigenvalue weighted by molar-refractivity contribution is 0.213. The zero-order valence-electron chi connectivity index (χ0n) is 6.31. The van der Waals surface area contributed by atoms with Crippen molar-refractivity contribution >= 4 is 40.2 Å². The Morgan fingerprint density at radius 3 is 2.18 bits per heavy atom. The summed E-state index contributed by atoms with van der Waals surface area (Å²) in [6.45, 7) is 3.92. The molecule has 0 aromatic heterocycles. The van der Waals surface area contributed by atoms with Gasteiger partial charge in [0.1, 0.15) is 0 Å². The molecule has 0 radical (unpaired) electrons. The molecule has 0 heterocycles. The summed E-state index contributed by atoms with van der Waals surface area (Å²) in [5.74, 6) is 0.404. The predicted molar refractivity (Wildman–Crippen MR) is 49.8 cm³/mol. The minimum Gasteiger partial charge on any atom is -0.306 e. The molecular weight excluding hydrogens is 229 g/mol. The molecule has 2 nitrogen and oxygen atoms in total. The Balaban J connectivity index is 3.80. The summed E-state index contributed by atoms with van der Waals surface area (Å²) in [5, 5.41) is 0. The average Bonchev–Trinajstić information content (AvgIpc) is 1.83. The summed E-state index contributed by atoms with van der Waals surface area (Å²) in [5.41, 5.74) is -0.249. The molecule has 0 N–H and O–H groups in total. The van der Waals surface area contributed by atoms with E-state index in [-0.39, 0.29) is 12.0 Å². The van der Waals surface area contributed by atoms with Crippen LogP contribution in [0, 0.1) is 5.41 Å². The number of alkyl halides is 1. The molecule has 6 heteroatoms. The molecule has 0 bridgehead atoms. The van der Waals surface area contributed by atoms with E-state index >= 15 is 0 Å². The van der Waals surface area contributed by atoms with Gasteiger partial charge in [0.25, 0.3) is 0 Å².